The highest BCUT2D eigenvalue weighted by atomic mass is 16.3. The molecule has 23 nitrogen and oxygen atoms in total. The van der Waals surface area contributed by atoms with Crippen molar-refractivity contribution in [2.45, 2.75) is 116 Å². The molecule has 0 aromatic carbocycles. The topological polar surface area (TPSA) is 423 Å². The molecule has 1 rings (SSSR count). The summed E-state index contributed by atoms with van der Waals surface area (Å²) in [6.45, 7) is 6.27. The number of carbonyl (C=O) groups excluding carboxylic acids is 8. The van der Waals surface area contributed by atoms with Gasteiger partial charge in [-0.25, -0.2) is 4.98 Å². The van der Waals surface area contributed by atoms with Crippen molar-refractivity contribution in [3.8, 4) is 0 Å². The number of nitrogens with one attached hydrogen (secondary N) is 4. The summed E-state index contributed by atoms with van der Waals surface area (Å²) in [5.74, 6) is -10.2. The largest absolute Gasteiger partial charge is 0.396 e. The molecule has 1 unspecified atom stereocenters. The minimum atomic E-state index is -1.64. The van der Waals surface area contributed by atoms with Gasteiger partial charge in [-0.2, -0.15) is 0 Å². The van der Waals surface area contributed by atoms with Crippen LogP contribution in [0.2, 0.25) is 0 Å². The van der Waals surface area contributed by atoms with Crippen molar-refractivity contribution in [3.05, 3.63) is 18.2 Å². The number of ketones is 3. The van der Waals surface area contributed by atoms with E-state index in [-0.39, 0.29) is 55.8 Å². The molecule has 8 atom stereocenters. The highest BCUT2D eigenvalue weighted by molar-refractivity contribution is 5.97. The molecule has 0 saturated heterocycles. The van der Waals surface area contributed by atoms with Crippen LogP contribution in [0.25, 0.3) is 0 Å². The number of hydrogen-bond donors (Lipinski definition) is 12. The monoisotopic (exact) mass is 878 g/mol. The molecule has 18 N–H and O–H groups in total. The number of aromatic amines is 1. The lowest BCUT2D eigenvalue weighted by atomic mass is 9.86. The van der Waals surface area contributed by atoms with Crippen LogP contribution in [0.4, 0.5) is 0 Å². The quantitative estimate of drug-likeness (QED) is 0.0191. The van der Waals surface area contributed by atoms with E-state index in [4.69, 9.17) is 34.4 Å². The predicted octanol–water partition coefficient (Wildman–Crippen LogP) is -3.34. The number of Topliss-reactive ketones (excluding diaryl/α,β-unsaturated/α-hetero) is 3. The summed E-state index contributed by atoms with van der Waals surface area (Å²) in [4.78, 5) is 119. The van der Waals surface area contributed by atoms with Crippen molar-refractivity contribution in [3.63, 3.8) is 0 Å². The van der Waals surface area contributed by atoms with Crippen LogP contribution in [0.15, 0.2) is 22.5 Å². The minimum Gasteiger partial charge on any atom is -0.396 e. The highest BCUT2D eigenvalue weighted by Gasteiger charge is 2.36. The normalized spacial score (nSPS) is 15.0. The molecule has 23 heteroatoms. The van der Waals surface area contributed by atoms with E-state index in [0.29, 0.717) is 31.5 Å². The first-order valence-electron chi connectivity index (χ1n) is 20.5. The first-order valence-corrected chi connectivity index (χ1v) is 20.5. The summed E-state index contributed by atoms with van der Waals surface area (Å²) < 4.78 is 0. The van der Waals surface area contributed by atoms with Gasteiger partial charge in [-0.3, -0.25) is 48.3 Å². The van der Waals surface area contributed by atoms with Gasteiger partial charge < -0.3 is 65.5 Å². The van der Waals surface area contributed by atoms with E-state index < -0.39 is 115 Å². The summed E-state index contributed by atoms with van der Waals surface area (Å²) in [6.07, 6.45) is 0.812. The molecule has 0 spiro atoms. The number of guanidine groups is 2. The van der Waals surface area contributed by atoms with E-state index >= 15 is 0 Å². The number of H-pyrrole nitrogens is 1. The van der Waals surface area contributed by atoms with Gasteiger partial charge in [-0.05, 0) is 44.9 Å². The van der Waals surface area contributed by atoms with Gasteiger partial charge in [0.2, 0.25) is 29.5 Å². The molecule has 0 radical (unpaired) electrons. The van der Waals surface area contributed by atoms with Crippen molar-refractivity contribution in [2.24, 2.45) is 74.0 Å². The zero-order valence-electron chi connectivity index (χ0n) is 36.0. The first-order chi connectivity index (χ1) is 29.0. The lowest BCUT2D eigenvalue weighted by Gasteiger charge is -2.26. The SMILES string of the molecule is CC(C)C[C@H](CC(=O)[C@@H](C)CCCN=C(N)N)C(=O)N[C@@H](Cc1cnc[nH]1)C(=O)C[C@@H](CO)C(=O)N[C@H](C(=O)CC(CCCN=C(N)N)C(=O)N[C@@H](CC(N)=O)C(N)=O)[C@@H](C)O. The Balaban J connectivity index is 3.26. The maximum absolute atomic E-state index is 13.9. The molecule has 1 aromatic heterocycles. The number of carbonyl (C=O) groups is 8. The fourth-order valence-corrected chi connectivity index (χ4v) is 6.54. The van der Waals surface area contributed by atoms with Gasteiger partial charge >= 0.3 is 0 Å². The number of nitrogens with zero attached hydrogens (tertiary/aromatic N) is 3. The van der Waals surface area contributed by atoms with Crippen LogP contribution in [0.1, 0.15) is 91.2 Å². The average Bonchev–Trinajstić information content (AvgIpc) is 3.70. The molecule has 1 heterocycles. The Morgan fingerprint density at radius 2 is 1.23 bits per heavy atom. The molecular weight excluding hydrogens is 811 g/mol. The number of amides is 5. The van der Waals surface area contributed by atoms with Gasteiger partial charge in [0.05, 0.1) is 37.4 Å². The second-order valence-electron chi connectivity index (χ2n) is 15.9. The number of rotatable bonds is 32. The molecule has 0 fully saturated rings. The second kappa shape index (κ2) is 27.8. The smallest absolute Gasteiger partial charge is 0.240 e. The van der Waals surface area contributed by atoms with Gasteiger partial charge in [-0.1, -0.05) is 20.8 Å². The summed E-state index contributed by atoms with van der Waals surface area (Å²) in [5.41, 5.74) is 32.5. The molecule has 0 aliphatic rings. The standard InChI is InChI=1S/C39H67N13O10/c1-20(2)11-24(13-29(55)21(3)7-5-9-47-38(42)43)36(61)50-27(15-26-17-46-19-49-26)30(56)14-25(18-53)37(62)52-33(22(4)54)31(57)12-23(8-6-10-48-39(44)45)35(60)51-28(34(41)59)16-32(40)58/h17,19-25,27-28,33,53-54H,5-16,18H2,1-4H3,(H2,40,58)(H2,41,59)(H,46,49)(H,50,61)(H,51,60)(H,52,62)(H4,42,43,47)(H4,44,45,48)/t21-,22+,23?,24+,25-,27-,28-,33-/m0/s1. The van der Waals surface area contributed by atoms with Crippen molar-refractivity contribution in [2.75, 3.05) is 19.7 Å². The minimum absolute atomic E-state index is 0.00719. The van der Waals surface area contributed by atoms with E-state index in [1.807, 2.05) is 13.8 Å². The molecule has 0 aliphatic carbocycles. The Morgan fingerprint density at radius 3 is 1.73 bits per heavy atom. The van der Waals surface area contributed by atoms with Crippen LogP contribution in [0, 0.1) is 29.6 Å². The Bertz CT molecular complexity index is 1710. The Kier molecular flexibility index (Phi) is 24.2. The van der Waals surface area contributed by atoms with Crippen molar-refractivity contribution < 1.29 is 48.6 Å². The molecule has 0 saturated carbocycles. The number of aliphatic imine (C=N–C) groups is 2. The molecule has 1 aromatic rings. The van der Waals surface area contributed by atoms with Gasteiger partial charge in [0.1, 0.15) is 17.9 Å². The maximum Gasteiger partial charge on any atom is 0.240 e. The van der Waals surface area contributed by atoms with Crippen LogP contribution in [-0.4, -0.2) is 123 Å². The molecular formula is C39H67N13O10. The zero-order valence-corrected chi connectivity index (χ0v) is 36.0. The highest BCUT2D eigenvalue weighted by Crippen LogP contribution is 2.22. The van der Waals surface area contributed by atoms with Gasteiger partial charge in [-0.15, -0.1) is 0 Å². The third-order valence-electron chi connectivity index (χ3n) is 9.95. The summed E-state index contributed by atoms with van der Waals surface area (Å²) in [5, 5.41) is 28.3. The Hall–Kier alpha value is -5.97. The predicted molar refractivity (Wildman–Crippen MR) is 228 cm³/mol. The van der Waals surface area contributed by atoms with E-state index in [0.717, 1.165) is 0 Å². The number of primary amides is 2. The van der Waals surface area contributed by atoms with Crippen molar-refractivity contribution in [1.29, 1.82) is 0 Å². The zero-order chi connectivity index (χ0) is 47.1. The van der Waals surface area contributed by atoms with Gasteiger partial charge in [0, 0.05) is 68.4 Å². The van der Waals surface area contributed by atoms with E-state index in [9.17, 15) is 48.6 Å². The number of aliphatic hydroxyl groups is 2. The van der Waals surface area contributed by atoms with E-state index in [2.05, 4.69) is 35.9 Å². The molecule has 62 heavy (non-hydrogen) atoms. The van der Waals surface area contributed by atoms with Gasteiger partial charge in [0.25, 0.3) is 0 Å². The van der Waals surface area contributed by atoms with Crippen molar-refractivity contribution in [1.82, 2.24) is 25.9 Å². The third kappa shape index (κ3) is 21.0. The molecule has 5 amide bonds. The summed E-state index contributed by atoms with van der Waals surface area (Å²) >= 11 is 0. The van der Waals surface area contributed by atoms with Crippen LogP contribution in [-0.2, 0) is 44.8 Å². The molecule has 0 bridgehead atoms. The lowest BCUT2D eigenvalue weighted by Crippen LogP contribution is -2.52. The fourth-order valence-electron chi connectivity index (χ4n) is 6.54. The third-order valence-corrected chi connectivity index (χ3v) is 9.95. The van der Waals surface area contributed by atoms with Gasteiger partial charge in [0.15, 0.2) is 23.5 Å². The number of hydrogen-bond acceptors (Lipinski definition) is 13. The molecule has 348 valence electrons. The van der Waals surface area contributed by atoms with E-state index in [1.54, 1.807) is 6.92 Å². The fraction of sp³-hybridized carbons (Fsp3) is 0.667. The number of aromatic nitrogens is 2. The number of aliphatic hydroxyl groups excluding tert-OH is 2. The Labute approximate surface area is 360 Å². The van der Waals surface area contributed by atoms with Crippen LogP contribution in [0.5, 0.6) is 0 Å². The summed E-state index contributed by atoms with van der Waals surface area (Å²) in [6, 6.07) is -4.36. The lowest BCUT2D eigenvalue weighted by molar-refractivity contribution is -0.138. The summed E-state index contributed by atoms with van der Waals surface area (Å²) in [7, 11) is 0. The van der Waals surface area contributed by atoms with Crippen molar-refractivity contribution >= 4 is 58.8 Å². The first kappa shape index (κ1) is 54.0. The Morgan fingerprint density at radius 1 is 0.694 bits per heavy atom. The number of imidazole rings is 1. The number of nitrogens with two attached hydrogens (primary N) is 6. The second-order valence-corrected chi connectivity index (χ2v) is 15.9. The van der Waals surface area contributed by atoms with Crippen LogP contribution >= 0.6 is 0 Å². The maximum atomic E-state index is 13.9. The molecule has 0 aliphatic heterocycles. The van der Waals surface area contributed by atoms with E-state index in [1.165, 1.54) is 19.4 Å². The van der Waals surface area contributed by atoms with Crippen LogP contribution < -0.4 is 50.4 Å². The average molecular weight is 878 g/mol. The van der Waals surface area contributed by atoms with Crippen LogP contribution in [0.3, 0.4) is 0 Å².